The van der Waals surface area contributed by atoms with Crippen LogP contribution in [-0.4, -0.2) is 51.4 Å². The predicted molar refractivity (Wildman–Crippen MR) is 48.8 cm³/mol. The van der Waals surface area contributed by atoms with Crippen LogP contribution in [0.3, 0.4) is 0 Å². The number of carboxylic acids is 2. The van der Waals surface area contributed by atoms with Crippen molar-refractivity contribution in [3.63, 3.8) is 0 Å². The monoisotopic (exact) mass is 232 g/mol. The van der Waals surface area contributed by atoms with E-state index in [1.165, 1.54) is 0 Å². The van der Waals surface area contributed by atoms with Crippen LogP contribution in [0, 0.1) is 0 Å². The Hall–Kier alpha value is -1.47. The summed E-state index contributed by atoms with van der Waals surface area (Å²) in [6.07, 6.45) is -2.28. The highest BCUT2D eigenvalue weighted by Crippen LogP contribution is 2.23. The van der Waals surface area contributed by atoms with E-state index in [1.807, 2.05) is 0 Å². The van der Waals surface area contributed by atoms with Crippen molar-refractivity contribution < 1.29 is 34.4 Å². The van der Waals surface area contributed by atoms with Crippen molar-refractivity contribution >= 4 is 17.7 Å². The summed E-state index contributed by atoms with van der Waals surface area (Å²) in [7, 11) is 0. The van der Waals surface area contributed by atoms with Gasteiger partial charge in [-0.1, -0.05) is 0 Å². The van der Waals surface area contributed by atoms with Crippen molar-refractivity contribution in [2.24, 2.45) is 0 Å². The maximum absolute atomic E-state index is 11.3. The van der Waals surface area contributed by atoms with Crippen molar-refractivity contribution in [2.75, 3.05) is 6.61 Å². The molecule has 90 valence electrons. The van der Waals surface area contributed by atoms with Crippen LogP contribution in [0.5, 0.6) is 0 Å². The van der Waals surface area contributed by atoms with Crippen molar-refractivity contribution in [3.8, 4) is 0 Å². The Morgan fingerprint density at radius 3 is 2.50 bits per heavy atom. The Morgan fingerprint density at radius 2 is 2.00 bits per heavy atom. The lowest BCUT2D eigenvalue weighted by molar-refractivity contribution is -0.193. The van der Waals surface area contributed by atoms with Crippen LogP contribution in [0.15, 0.2) is 0 Å². The molecule has 0 aromatic heterocycles. The highest BCUT2D eigenvalue weighted by atomic mass is 16.5. The smallest absolute Gasteiger partial charge is 0.339 e. The number of aliphatic hydroxyl groups is 1. The third-order valence-electron chi connectivity index (χ3n) is 2.38. The Balaban J connectivity index is 3.04. The molecule has 2 atom stereocenters. The van der Waals surface area contributed by atoms with E-state index < -0.39 is 35.8 Å². The van der Waals surface area contributed by atoms with Crippen LogP contribution in [0.25, 0.3) is 0 Å². The van der Waals surface area contributed by atoms with Gasteiger partial charge < -0.3 is 20.1 Å². The summed E-state index contributed by atoms with van der Waals surface area (Å²) >= 11 is 0. The molecule has 16 heavy (non-hydrogen) atoms. The van der Waals surface area contributed by atoms with Crippen LogP contribution < -0.4 is 0 Å². The van der Waals surface area contributed by atoms with Gasteiger partial charge in [-0.05, 0) is 6.42 Å². The van der Waals surface area contributed by atoms with Gasteiger partial charge >= 0.3 is 11.9 Å². The maximum atomic E-state index is 11.3. The van der Waals surface area contributed by atoms with Crippen molar-refractivity contribution in [3.05, 3.63) is 0 Å². The van der Waals surface area contributed by atoms with Gasteiger partial charge in [0.2, 0.25) is 5.60 Å². The minimum Gasteiger partial charge on any atom is -0.479 e. The van der Waals surface area contributed by atoms with Gasteiger partial charge in [0.05, 0.1) is 0 Å². The zero-order valence-corrected chi connectivity index (χ0v) is 8.38. The van der Waals surface area contributed by atoms with Gasteiger partial charge in [0.25, 0.3) is 0 Å². The molecule has 0 bridgehead atoms. The van der Waals surface area contributed by atoms with Crippen LogP contribution >= 0.6 is 0 Å². The number of carbonyl (C=O) groups excluding carboxylic acids is 1. The van der Waals surface area contributed by atoms with Gasteiger partial charge in [-0.15, -0.1) is 0 Å². The summed E-state index contributed by atoms with van der Waals surface area (Å²) in [6, 6.07) is 0. The zero-order chi connectivity index (χ0) is 12.3. The average molecular weight is 232 g/mol. The number of rotatable bonds is 2. The molecule has 0 amide bonds. The van der Waals surface area contributed by atoms with Crippen LogP contribution in [0.4, 0.5) is 0 Å². The Bertz CT molecular complexity index is 322. The molecular weight excluding hydrogens is 220 g/mol. The second-order valence-electron chi connectivity index (χ2n) is 3.64. The quantitative estimate of drug-likeness (QED) is 0.559. The van der Waals surface area contributed by atoms with E-state index >= 15 is 0 Å². The number of carbonyl (C=O) groups is 3. The zero-order valence-electron chi connectivity index (χ0n) is 8.38. The first kappa shape index (κ1) is 12.6. The number of hydrogen-bond donors (Lipinski definition) is 3. The molecular formula is C9H12O7. The molecule has 1 aliphatic rings. The van der Waals surface area contributed by atoms with Gasteiger partial charge in [0.15, 0.2) is 6.10 Å². The summed E-state index contributed by atoms with van der Waals surface area (Å²) in [4.78, 5) is 32.9. The van der Waals surface area contributed by atoms with E-state index in [0.29, 0.717) is 6.42 Å². The molecule has 0 spiro atoms. The summed E-state index contributed by atoms with van der Waals surface area (Å²) < 4.78 is 4.79. The van der Waals surface area contributed by atoms with Crippen molar-refractivity contribution in [1.29, 1.82) is 0 Å². The molecule has 7 heteroatoms. The summed E-state index contributed by atoms with van der Waals surface area (Å²) in [6.45, 7) is -0.0711. The maximum Gasteiger partial charge on any atom is 0.339 e. The molecule has 0 radical (unpaired) electrons. The van der Waals surface area contributed by atoms with E-state index in [1.54, 1.807) is 0 Å². The van der Waals surface area contributed by atoms with E-state index in [2.05, 4.69) is 0 Å². The van der Waals surface area contributed by atoms with Gasteiger partial charge in [-0.3, -0.25) is 4.79 Å². The molecule has 0 aliphatic carbocycles. The van der Waals surface area contributed by atoms with Gasteiger partial charge in [0.1, 0.15) is 5.78 Å². The molecule has 7 nitrogen and oxygen atoms in total. The molecule has 0 saturated carbocycles. The third kappa shape index (κ3) is 2.37. The summed E-state index contributed by atoms with van der Waals surface area (Å²) in [5, 5.41) is 27.3. The molecule has 1 rings (SSSR count). The lowest BCUT2D eigenvalue weighted by atomic mass is 9.88. The second-order valence-corrected chi connectivity index (χ2v) is 3.64. The van der Waals surface area contributed by atoms with Crippen molar-refractivity contribution in [1.82, 2.24) is 0 Å². The molecule has 0 unspecified atom stereocenters. The number of ketones is 1. The lowest BCUT2D eigenvalue weighted by Crippen LogP contribution is -2.56. The highest BCUT2D eigenvalue weighted by molar-refractivity contribution is 5.93. The molecule has 0 aromatic carbocycles. The molecule has 1 fully saturated rings. The largest absolute Gasteiger partial charge is 0.479 e. The first-order chi connectivity index (χ1) is 7.38. The van der Waals surface area contributed by atoms with Crippen molar-refractivity contribution in [2.45, 2.75) is 31.0 Å². The SMILES string of the molecule is O=C1CCCO[C@H](C(=O)O)[C@@](O)(C(=O)O)C1. The Kier molecular flexibility index (Phi) is 3.61. The standard InChI is InChI=1S/C9H12O7/c10-5-2-1-3-16-6(7(11)12)9(15,4-5)8(13)14/h6,15H,1-4H2,(H,11,12)(H,13,14)/t6-,9-/m1/s1. The molecule has 0 aromatic rings. The normalized spacial score (nSPS) is 31.6. The number of carboxylic acid groups (broad SMARTS) is 2. The van der Waals surface area contributed by atoms with Gasteiger partial charge in [-0.2, -0.15) is 0 Å². The first-order valence-electron chi connectivity index (χ1n) is 4.70. The van der Waals surface area contributed by atoms with Crippen LogP contribution in [-0.2, 0) is 19.1 Å². The fourth-order valence-electron chi connectivity index (χ4n) is 1.55. The minimum atomic E-state index is -2.69. The number of ether oxygens (including phenoxy) is 1. The fourth-order valence-corrected chi connectivity index (χ4v) is 1.55. The fraction of sp³-hybridized carbons (Fsp3) is 0.667. The van der Waals surface area contributed by atoms with Crippen LogP contribution in [0.1, 0.15) is 19.3 Å². The molecule has 1 saturated heterocycles. The van der Waals surface area contributed by atoms with Crippen LogP contribution in [0.2, 0.25) is 0 Å². The first-order valence-corrected chi connectivity index (χ1v) is 4.70. The highest BCUT2D eigenvalue weighted by Gasteiger charge is 2.51. The van der Waals surface area contributed by atoms with E-state index in [9.17, 15) is 19.5 Å². The van der Waals surface area contributed by atoms with Gasteiger partial charge in [0, 0.05) is 19.4 Å². The lowest BCUT2D eigenvalue weighted by Gasteiger charge is -2.30. The summed E-state index contributed by atoms with van der Waals surface area (Å²) in [5.74, 6) is -3.85. The predicted octanol–water partition coefficient (Wildman–Crippen LogP) is -0.975. The third-order valence-corrected chi connectivity index (χ3v) is 2.38. The van der Waals surface area contributed by atoms with E-state index in [4.69, 9.17) is 14.9 Å². The Morgan fingerprint density at radius 1 is 1.38 bits per heavy atom. The number of aliphatic carboxylic acids is 2. The van der Waals surface area contributed by atoms with E-state index in [0.717, 1.165) is 0 Å². The van der Waals surface area contributed by atoms with Gasteiger partial charge in [-0.25, -0.2) is 9.59 Å². The van der Waals surface area contributed by atoms with E-state index in [-0.39, 0.29) is 13.0 Å². The number of hydrogen-bond acceptors (Lipinski definition) is 5. The minimum absolute atomic E-state index is 0.0711. The Labute approximate surface area is 90.6 Å². The molecule has 1 aliphatic heterocycles. The average Bonchev–Trinajstić information content (AvgIpc) is 2.13. The molecule has 1 heterocycles. The molecule has 3 N–H and O–H groups in total. The second kappa shape index (κ2) is 4.58. The number of Topliss-reactive ketones (excluding diaryl/α,β-unsaturated/α-hetero) is 1. The summed E-state index contributed by atoms with van der Waals surface area (Å²) in [5.41, 5.74) is -2.69. The topological polar surface area (TPSA) is 121 Å².